The summed E-state index contributed by atoms with van der Waals surface area (Å²) in [5.41, 5.74) is 0. The van der Waals surface area contributed by atoms with E-state index < -0.39 is 15.7 Å². The Morgan fingerprint density at radius 1 is 1.27 bits per heavy atom. The Kier molecular flexibility index (Phi) is 1.77. The van der Waals surface area contributed by atoms with Crippen molar-refractivity contribution in [2.45, 2.75) is 5.03 Å². The van der Waals surface area contributed by atoms with Gasteiger partial charge in [0.2, 0.25) is 0 Å². The summed E-state index contributed by atoms with van der Waals surface area (Å²) in [5.74, 6) is -0.544. The molecule has 0 unspecified atom stereocenters. The lowest BCUT2D eigenvalue weighted by atomic mass is 10.7. The van der Waals surface area contributed by atoms with E-state index in [1.165, 1.54) is 0 Å². The maximum atomic E-state index is 10.7. The van der Waals surface area contributed by atoms with Crippen molar-refractivity contribution in [2.75, 3.05) is 6.26 Å². The lowest BCUT2D eigenvalue weighted by Gasteiger charge is -1.92. The van der Waals surface area contributed by atoms with E-state index in [1.54, 1.807) is 0 Å². The molecule has 6 heteroatoms. The summed E-state index contributed by atoms with van der Waals surface area (Å²) in [7, 11) is -3.33. The molecule has 11 heavy (non-hydrogen) atoms. The van der Waals surface area contributed by atoms with Crippen LogP contribution in [0.2, 0.25) is 0 Å². The molecule has 1 radical (unpaired) electrons. The fourth-order valence-corrected chi connectivity index (χ4v) is 0.984. The van der Waals surface area contributed by atoms with Gasteiger partial charge in [0.05, 0.1) is 12.4 Å². The molecule has 0 saturated heterocycles. The van der Waals surface area contributed by atoms with Crippen molar-refractivity contribution in [3.8, 4) is 5.88 Å². The molecule has 0 amide bonds. The second-order valence-electron chi connectivity index (χ2n) is 1.97. The SMILES string of the molecule is CS(=O)(=O)c1cnc([O])cn1. The average molecular weight is 173 g/mol. The minimum atomic E-state index is -3.33. The first-order chi connectivity index (χ1) is 5.00. The first-order valence-electron chi connectivity index (χ1n) is 2.69. The molecule has 0 spiro atoms. The molecule has 5 nitrogen and oxygen atoms in total. The van der Waals surface area contributed by atoms with Crippen molar-refractivity contribution in [2.24, 2.45) is 0 Å². The van der Waals surface area contributed by atoms with Gasteiger partial charge in [-0.05, 0) is 0 Å². The van der Waals surface area contributed by atoms with Crippen molar-refractivity contribution in [3.05, 3.63) is 12.4 Å². The highest BCUT2D eigenvalue weighted by Crippen LogP contribution is 2.05. The second kappa shape index (κ2) is 2.46. The van der Waals surface area contributed by atoms with Gasteiger partial charge in [0.25, 0.3) is 5.88 Å². The van der Waals surface area contributed by atoms with E-state index >= 15 is 0 Å². The van der Waals surface area contributed by atoms with Crippen molar-refractivity contribution >= 4 is 9.84 Å². The van der Waals surface area contributed by atoms with Gasteiger partial charge in [-0.15, -0.1) is 0 Å². The molecule has 0 aliphatic carbocycles. The molecule has 0 fully saturated rings. The Balaban J connectivity index is 3.20. The molecular weight excluding hydrogens is 168 g/mol. The summed E-state index contributed by atoms with van der Waals surface area (Å²) in [5, 5.41) is 10.2. The summed E-state index contributed by atoms with van der Waals surface area (Å²) in [6, 6.07) is 0. The molecule has 59 valence electrons. The fourth-order valence-electron chi connectivity index (χ4n) is 0.496. The van der Waals surface area contributed by atoms with Crippen molar-refractivity contribution in [3.63, 3.8) is 0 Å². The van der Waals surface area contributed by atoms with Crippen LogP contribution >= 0.6 is 0 Å². The molecule has 1 aromatic rings. The lowest BCUT2D eigenvalue weighted by molar-refractivity contribution is 0.334. The quantitative estimate of drug-likeness (QED) is 0.599. The van der Waals surface area contributed by atoms with Crippen LogP contribution in [-0.4, -0.2) is 24.6 Å². The van der Waals surface area contributed by atoms with Gasteiger partial charge in [0.1, 0.15) is 0 Å². The van der Waals surface area contributed by atoms with Crippen LogP contribution in [0, 0.1) is 0 Å². The molecule has 0 aliphatic heterocycles. The Morgan fingerprint density at radius 2 is 1.91 bits per heavy atom. The third kappa shape index (κ3) is 1.87. The van der Waals surface area contributed by atoms with Crippen LogP contribution in [0.5, 0.6) is 5.88 Å². The number of rotatable bonds is 1. The van der Waals surface area contributed by atoms with Crippen LogP contribution in [0.25, 0.3) is 0 Å². The first-order valence-corrected chi connectivity index (χ1v) is 4.58. The Bertz CT molecular complexity index is 342. The van der Waals surface area contributed by atoms with Crippen molar-refractivity contribution < 1.29 is 13.5 Å². The molecule has 0 aliphatic rings. The largest absolute Gasteiger partial charge is 0.288 e. The molecule has 0 N–H and O–H groups in total. The van der Waals surface area contributed by atoms with E-state index in [0.29, 0.717) is 0 Å². The molecule has 1 aromatic heterocycles. The van der Waals surface area contributed by atoms with Crippen molar-refractivity contribution in [1.82, 2.24) is 9.97 Å². The minimum absolute atomic E-state index is 0.183. The van der Waals surface area contributed by atoms with Gasteiger partial charge in [-0.2, -0.15) is 0 Å². The zero-order valence-corrected chi connectivity index (χ0v) is 6.50. The Hall–Kier alpha value is -1.17. The molecule has 0 bridgehead atoms. The van der Waals surface area contributed by atoms with Gasteiger partial charge in [-0.3, -0.25) is 5.11 Å². The highest BCUT2D eigenvalue weighted by atomic mass is 32.2. The summed E-state index contributed by atoms with van der Waals surface area (Å²) < 4.78 is 21.5. The predicted octanol–water partition coefficient (Wildman–Crippen LogP) is 0.0239. The van der Waals surface area contributed by atoms with Crippen LogP contribution in [0.1, 0.15) is 0 Å². The highest BCUT2D eigenvalue weighted by Gasteiger charge is 2.08. The summed E-state index contributed by atoms with van der Waals surface area (Å²) >= 11 is 0. The molecule has 0 aromatic carbocycles. The summed E-state index contributed by atoms with van der Waals surface area (Å²) in [6.45, 7) is 0. The monoisotopic (exact) mass is 173 g/mol. The van der Waals surface area contributed by atoms with Gasteiger partial charge < -0.3 is 0 Å². The van der Waals surface area contributed by atoms with Crippen LogP contribution in [0.15, 0.2) is 17.4 Å². The lowest BCUT2D eigenvalue weighted by Crippen LogP contribution is -2.00. The predicted molar refractivity (Wildman–Crippen MR) is 35.3 cm³/mol. The normalized spacial score (nSPS) is 11.4. The van der Waals surface area contributed by atoms with E-state index in [2.05, 4.69) is 9.97 Å². The molecule has 0 saturated carbocycles. The van der Waals surface area contributed by atoms with E-state index in [9.17, 15) is 13.5 Å². The van der Waals surface area contributed by atoms with Crippen LogP contribution in [0.4, 0.5) is 0 Å². The Labute approximate surface area is 63.7 Å². The average Bonchev–Trinajstić information content (AvgIpc) is 1.86. The van der Waals surface area contributed by atoms with Gasteiger partial charge in [-0.25, -0.2) is 18.4 Å². The van der Waals surface area contributed by atoms with Gasteiger partial charge in [-0.1, -0.05) is 0 Å². The summed E-state index contributed by atoms with van der Waals surface area (Å²) in [6.07, 6.45) is 2.82. The smallest absolute Gasteiger partial charge is 0.266 e. The Morgan fingerprint density at radius 3 is 2.27 bits per heavy atom. The highest BCUT2D eigenvalue weighted by molar-refractivity contribution is 7.90. The maximum Gasteiger partial charge on any atom is 0.288 e. The number of hydrogen-bond acceptors (Lipinski definition) is 4. The van der Waals surface area contributed by atoms with E-state index in [1.807, 2.05) is 0 Å². The van der Waals surface area contributed by atoms with Gasteiger partial charge in [0.15, 0.2) is 14.9 Å². The minimum Gasteiger partial charge on any atom is -0.266 e. The zero-order valence-electron chi connectivity index (χ0n) is 5.68. The van der Waals surface area contributed by atoms with Gasteiger partial charge in [0, 0.05) is 6.26 Å². The first kappa shape index (κ1) is 7.93. The van der Waals surface area contributed by atoms with E-state index in [-0.39, 0.29) is 5.03 Å². The fraction of sp³-hybridized carbons (Fsp3) is 0.200. The number of hydrogen-bond donors (Lipinski definition) is 0. The van der Waals surface area contributed by atoms with E-state index in [4.69, 9.17) is 0 Å². The molecular formula is C5H5N2O3S. The van der Waals surface area contributed by atoms with Crippen molar-refractivity contribution in [1.29, 1.82) is 0 Å². The number of sulfone groups is 1. The molecule has 1 rings (SSSR count). The van der Waals surface area contributed by atoms with Crippen LogP contribution in [-0.2, 0) is 14.9 Å². The topological polar surface area (TPSA) is 79.8 Å². The second-order valence-corrected chi connectivity index (χ2v) is 3.93. The maximum absolute atomic E-state index is 10.7. The van der Waals surface area contributed by atoms with Gasteiger partial charge >= 0.3 is 0 Å². The number of aromatic nitrogens is 2. The summed E-state index contributed by atoms with van der Waals surface area (Å²) in [4.78, 5) is 6.63. The third-order valence-electron chi connectivity index (χ3n) is 0.984. The molecule has 0 atom stereocenters. The standard InChI is InChI=1S/C5H5N2O3S/c1-11(9,10)5-3-6-4(8)2-7-5/h2-3H,1H3. The van der Waals surface area contributed by atoms with E-state index in [0.717, 1.165) is 18.6 Å². The molecule has 1 heterocycles. The number of nitrogens with zero attached hydrogens (tertiary/aromatic N) is 2. The zero-order chi connectivity index (χ0) is 8.48. The third-order valence-corrected chi connectivity index (χ3v) is 1.95. The van der Waals surface area contributed by atoms with Crippen LogP contribution < -0.4 is 0 Å². The van der Waals surface area contributed by atoms with Crippen LogP contribution in [0.3, 0.4) is 0 Å².